The van der Waals surface area contributed by atoms with E-state index in [2.05, 4.69) is 10.6 Å². The summed E-state index contributed by atoms with van der Waals surface area (Å²) < 4.78 is 11.0. The molecule has 2 aromatic heterocycles. The van der Waals surface area contributed by atoms with Gasteiger partial charge in [0.2, 0.25) is 5.91 Å². The second kappa shape index (κ2) is 10.6. The number of furan rings is 2. The van der Waals surface area contributed by atoms with Gasteiger partial charge in [-0.15, -0.1) is 0 Å². The fraction of sp³-hybridized carbons (Fsp3) is 0.370. The fourth-order valence-corrected chi connectivity index (χ4v) is 4.46. The Morgan fingerprint density at radius 2 is 1.83 bits per heavy atom. The number of hydrogen-bond acceptors (Lipinski definition) is 5. The predicted molar refractivity (Wildman–Crippen MR) is 131 cm³/mol. The molecule has 184 valence electrons. The van der Waals surface area contributed by atoms with Gasteiger partial charge in [-0.2, -0.15) is 0 Å². The molecule has 0 unspecified atom stereocenters. The average Bonchev–Trinajstić information content (AvgIpc) is 3.61. The molecule has 35 heavy (non-hydrogen) atoms. The second-order valence-electron chi connectivity index (χ2n) is 9.05. The standard InChI is InChI=1S/C27H31N3O5/c1-17-10-11-18(2)21(15-17)30(24(31)16-28-26(32)23-9-6-14-34-23)25(22-13-12-19(3)35-22)27(33)29-20-7-4-5-8-20/h6,9-15,20,25H,4-5,7-8,16H2,1-3H3,(H,28,32)(H,29,33)/t25-/m1/s1. The largest absolute Gasteiger partial charge is 0.464 e. The molecule has 2 heterocycles. The van der Waals surface area contributed by atoms with Crippen LogP contribution in [-0.2, 0) is 9.59 Å². The van der Waals surface area contributed by atoms with Gasteiger partial charge < -0.3 is 19.5 Å². The topological polar surface area (TPSA) is 105 Å². The number of rotatable bonds is 8. The normalized spacial score (nSPS) is 14.5. The molecule has 1 fully saturated rings. The van der Waals surface area contributed by atoms with Gasteiger partial charge >= 0.3 is 0 Å². The first-order valence-electron chi connectivity index (χ1n) is 11.9. The van der Waals surface area contributed by atoms with Gasteiger partial charge in [-0.1, -0.05) is 25.0 Å². The van der Waals surface area contributed by atoms with E-state index in [0.717, 1.165) is 36.8 Å². The van der Waals surface area contributed by atoms with E-state index in [9.17, 15) is 14.4 Å². The summed E-state index contributed by atoms with van der Waals surface area (Å²) in [7, 11) is 0. The van der Waals surface area contributed by atoms with E-state index in [4.69, 9.17) is 8.83 Å². The first kappa shape index (κ1) is 24.3. The van der Waals surface area contributed by atoms with E-state index < -0.39 is 17.9 Å². The van der Waals surface area contributed by atoms with Gasteiger partial charge in [-0.25, -0.2) is 0 Å². The van der Waals surface area contributed by atoms with Crippen LogP contribution in [0.15, 0.2) is 57.6 Å². The van der Waals surface area contributed by atoms with Crippen LogP contribution in [0, 0.1) is 20.8 Å². The number of nitrogens with zero attached hydrogens (tertiary/aromatic N) is 1. The number of nitrogens with one attached hydrogen (secondary N) is 2. The van der Waals surface area contributed by atoms with Gasteiger partial charge in [0.1, 0.15) is 11.5 Å². The van der Waals surface area contributed by atoms with Crippen LogP contribution in [-0.4, -0.2) is 30.3 Å². The number of aryl methyl sites for hydroxylation is 3. The summed E-state index contributed by atoms with van der Waals surface area (Å²) in [4.78, 5) is 41.2. The molecule has 0 radical (unpaired) electrons. The molecule has 3 amide bonds. The van der Waals surface area contributed by atoms with E-state index in [-0.39, 0.29) is 24.3 Å². The quantitative estimate of drug-likeness (QED) is 0.502. The SMILES string of the molecule is Cc1ccc(C)c(N(C(=O)CNC(=O)c2ccco2)[C@@H](C(=O)NC2CCCC2)c2ccc(C)o2)c1. The van der Waals surface area contributed by atoms with Crippen molar-refractivity contribution in [2.24, 2.45) is 0 Å². The zero-order valence-electron chi connectivity index (χ0n) is 20.3. The third-order valence-electron chi connectivity index (χ3n) is 6.28. The maximum absolute atomic E-state index is 13.7. The molecule has 0 bridgehead atoms. The van der Waals surface area contributed by atoms with Crippen LogP contribution in [0.25, 0.3) is 0 Å². The van der Waals surface area contributed by atoms with Crippen molar-refractivity contribution in [3.05, 3.63) is 77.1 Å². The smallest absolute Gasteiger partial charge is 0.287 e. The molecular formula is C27H31N3O5. The molecule has 8 nitrogen and oxygen atoms in total. The highest BCUT2D eigenvalue weighted by molar-refractivity contribution is 6.04. The van der Waals surface area contributed by atoms with Crippen LogP contribution in [0.3, 0.4) is 0 Å². The molecule has 0 aliphatic heterocycles. The number of hydrogen-bond donors (Lipinski definition) is 2. The summed E-state index contributed by atoms with van der Waals surface area (Å²) in [6.07, 6.45) is 5.34. The number of amides is 3. The summed E-state index contributed by atoms with van der Waals surface area (Å²) >= 11 is 0. The molecule has 0 spiro atoms. The van der Waals surface area contributed by atoms with Crippen LogP contribution >= 0.6 is 0 Å². The second-order valence-corrected chi connectivity index (χ2v) is 9.05. The third-order valence-corrected chi connectivity index (χ3v) is 6.28. The van der Waals surface area contributed by atoms with Crippen LogP contribution in [0.1, 0.15) is 64.9 Å². The van der Waals surface area contributed by atoms with Gasteiger partial charge in [0.05, 0.1) is 12.8 Å². The van der Waals surface area contributed by atoms with E-state index in [1.54, 1.807) is 25.1 Å². The summed E-state index contributed by atoms with van der Waals surface area (Å²) in [6, 6.07) is 11.4. The lowest BCUT2D eigenvalue weighted by atomic mass is 10.0. The minimum absolute atomic E-state index is 0.0651. The monoisotopic (exact) mass is 477 g/mol. The molecule has 4 rings (SSSR count). The van der Waals surface area contributed by atoms with Crippen LogP contribution in [0.2, 0.25) is 0 Å². The lowest BCUT2D eigenvalue weighted by Crippen LogP contribution is -2.49. The van der Waals surface area contributed by atoms with E-state index in [0.29, 0.717) is 17.2 Å². The van der Waals surface area contributed by atoms with Crippen molar-refractivity contribution in [2.45, 2.75) is 58.5 Å². The highest BCUT2D eigenvalue weighted by Crippen LogP contribution is 2.33. The van der Waals surface area contributed by atoms with Crippen molar-refractivity contribution in [3.63, 3.8) is 0 Å². The highest BCUT2D eigenvalue weighted by atomic mass is 16.3. The molecular weight excluding hydrogens is 446 g/mol. The van der Waals surface area contributed by atoms with E-state index in [1.807, 2.05) is 32.0 Å². The van der Waals surface area contributed by atoms with Gasteiger partial charge in [0, 0.05) is 11.7 Å². The number of benzene rings is 1. The van der Waals surface area contributed by atoms with Crippen molar-refractivity contribution in [2.75, 3.05) is 11.4 Å². The van der Waals surface area contributed by atoms with Crippen LogP contribution in [0.5, 0.6) is 0 Å². The van der Waals surface area contributed by atoms with Crippen molar-refractivity contribution < 1.29 is 23.2 Å². The minimum Gasteiger partial charge on any atom is -0.464 e. The molecule has 1 aromatic carbocycles. The Hall–Kier alpha value is -3.81. The molecule has 1 aliphatic carbocycles. The summed E-state index contributed by atoms with van der Waals surface area (Å²) in [6.45, 7) is 5.29. The van der Waals surface area contributed by atoms with Crippen molar-refractivity contribution in [1.82, 2.24) is 10.6 Å². The summed E-state index contributed by atoms with van der Waals surface area (Å²) in [5, 5.41) is 5.72. The lowest BCUT2D eigenvalue weighted by Gasteiger charge is -2.32. The minimum atomic E-state index is -1.03. The van der Waals surface area contributed by atoms with E-state index >= 15 is 0 Å². The number of carbonyl (C=O) groups excluding carboxylic acids is 3. The third kappa shape index (κ3) is 5.65. The first-order chi connectivity index (χ1) is 16.8. The van der Waals surface area contributed by atoms with Crippen molar-refractivity contribution >= 4 is 23.4 Å². The summed E-state index contributed by atoms with van der Waals surface area (Å²) in [5.74, 6) is -0.154. The Labute approximate surface area is 204 Å². The Morgan fingerprint density at radius 1 is 1.06 bits per heavy atom. The van der Waals surface area contributed by atoms with Crippen molar-refractivity contribution in [3.8, 4) is 0 Å². The molecule has 0 saturated heterocycles. The Morgan fingerprint density at radius 3 is 2.49 bits per heavy atom. The zero-order valence-corrected chi connectivity index (χ0v) is 20.3. The Bertz CT molecular complexity index is 1190. The van der Waals surface area contributed by atoms with Gasteiger partial charge in [-0.3, -0.25) is 19.3 Å². The maximum Gasteiger partial charge on any atom is 0.287 e. The van der Waals surface area contributed by atoms with Crippen LogP contribution in [0.4, 0.5) is 5.69 Å². The molecule has 3 aromatic rings. The number of carbonyl (C=O) groups is 3. The molecule has 1 aliphatic rings. The maximum atomic E-state index is 13.7. The number of anilines is 1. The predicted octanol–water partition coefficient (Wildman–Crippen LogP) is 4.36. The van der Waals surface area contributed by atoms with Gasteiger partial charge in [0.15, 0.2) is 11.8 Å². The lowest BCUT2D eigenvalue weighted by molar-refractivity contribution is -0.127. The van der Waals surface area contributed by atoms with Crippen molar-refractivity contribution in [1.29, 1.82) is 0 Å². The van der Waals surface area contributed by atoms with Gasteiger partial charge in [-0.05, 0) is 75.1 Å². The van der Waals surface area contributed by atoms with E-state index in [1.165, 1.54) is 17.2 Å². The van der Waals surface area contributed by atoms with Crippen LogP contribution < -0.4 is 15.5 Å². The first-order valence-corrected chi connectivity index (χ1v) is 11.9. The molecule has 8 heteroatoms. The zero-order chi connectivity index (χ0) is 24.9. The Balaban J connectivity index is 1.70. The molecule has 1 saturated carbocycles. The van der Waals surface area contributed by atoms with Gasteiger partial charge in [0.25, 0.3) is 11.8 Å². The highest BCUT2D eigenvalue weighted by Gasteiger charge is 2.37. The average molecular weight is 478 g/mol. The Kier molecular flexibility index (Phi) is 7.39. The fourth-order valence-electron chi connectivity index (χ4n) is 4.46. The molecule has 2 N–H and O–H groups in total. The molecule has 1 atom stereocenters. The summed E-state index contributed by atoms with van der Waals surface area (Å²) in [5.41, 5.74) is 2.35.